The van der Waals surface area contributed by atoms with Gasteiger partial charge in [-0.05, 0) is 61.7 Å². The molecule has 0 spiro atoms. The molecule has 0 aromatic carbocycles. The van der Waals surface area contributed by atoms with Crippen LogP contribution in [0, 0.1) is 29.6 Å². The van der Waals surface area contributed by atoms with Gasteiger partial charge in [-0.2, -0.15) is 0 Å². The maximum atomic E-state index is 9.27. The van der Waals surface area contributed by atoms with E-state index in [4.69, 9.17) is 0 Å². The minimum atomic E-state index is 0.463. The van der Waals surface area contributed by atoms with Gasteiger partial charge in [-0.25, -0.2) is 0 Å². The van der Waals surface area contributed by atoms with Crippen LogP contribution in [0.15, 0.2) is 0 Å². The highest BCUT2D eigenvalue weighted by molar-refractivity contribution is 4.98. The van der Waals surface area contributed by atoms with Crippen LogP contribution in [0.3, 0.4) is 0 Å². The fourth-order valence-corrected chi connectivity index (χ4v) is 4.32. The molecule has 1 N–H and O–H groups in total. The molecule has 3 bridgehead atoms. The third-order valence-corrected chi connectivity index (χ3v) is 4.63. The van der Waals surface area contributed by atoms with Crippen LogP contribution >= 0.6 is 0 Å². The van der Waals surface area contributed by atoms with E-state index >= 15 is 0 Å². The molecule has 1 heteroatoms. The van der Waals surface area contributed by atoms with Gasteiger partial charge in [0.2, 0.25) is 0 Å². The van der Waals surface area contributed by atoms with Gasteiger partial charge < -0.3 is 5.11 Å². The Balaban J connectivity index is 1.88. The molecule has 1 unspecified atom stereocenters. The van der Waals surface area contributed by atoms with Crippen LogP contribution in [0.2, 0.25) is 0 Å². The van der Waals surface area contributed by atoms with Crippen molar-refractivity contribution in [2.45, 2.75) is 32.1 Å². The van der Waals surface area contributed by atoms with E-state index in [9.17, 15) is 5.11 Å². The Morgan fingerprint density at radius 3 is 2.42 bits per heavy atom. The van der Waals surface area contributed by atoms with Gasteiger partial charge in [0, 0.05) is 6.61 Å². The van der Waals surface area contributed by atoms with E-state index < -0.39 is 0 Å². The fraction of sp³-hybridized carbons (Fsp3) is 1.00. The van der Waals surface area contributed by atoms with E-state index in [0.717, 1.165) is 23.7 Å². The van der Waals surface area contributed by atoms with E-state index in [1.807, 2.05) is 0 Å². The van der Waals surface area contributed by atoms with Crippen molar-refractivity contribution >= 4 is 0 Å². The quantitative estimate of drug-likeness (QED) is 0.632. The Labute approximate surface area is 74.2 Å². The average molecular weight is 166 g/mol. The standard InChI is InChI=1S/C11H18O/c12-6-10-4-7-1-8-3-9(2-7)11(10)5-8/h7-12H,1-6H2/t7-,8+,9-,10?,11+/m0/s1. The van der Waals surface area contributed by atoms with Gasteiger partial charge in [0.25, 0.3) is 0 Å². The van der Waals surface area contributed by atoms with Crippen LogP contribution in [0.4, 0.5) is 0 Å². The smallest absolute Gasteiger partial charge is 0.0462 e. The number of hydrogen-bond donors (Lipinski definition) is 1. The zero-order chi connectivity index (χ0) is 8.13. The Hall–Kier alpha value is -0.0400. The van der Waals surface area contributed by atoms with Gasteiger partial charge >= 0.3 is 0 Å². The molecule has 68 valence electrons. The van der Waals surface area contributed by atoms with Gasteiger partial charge in [-0.15, -0.1) is 0 Å². The summed E-state index contributed by atoms with van der Waals surface area (Å²) in [6.07, 6.45) is 7.28. The topological polar surface area (TPSA) is 20.2 Å². The van der Waals surface area contributed by atoms with Crippen molar-refractivity contribution in [3.05, 3.63) is 0 Å². The molecule has 3 saturated carbocycles. The van der Waals surface area contributed by atoms with Crippen LogP contribution in [0.5, 0.6) is 0 Å². The fourth-order valence-electron chi connectivity index (χ4n) is 4.32. The van der Waals surface area contributed by atoms with Crippen molar-refractivity contribution in [3.8, 4) is 0 Å². The lowest BCUT2D eigenvalue weighted by atomic mass is 9.67. The lowest BCUT2D eigenvalue weighted by Crippen LogP contribution is -2.31. The van der Waals surface area contributed by atoms with E-state index in [0.29, 0.717) is 12.5 Å². The van der Waals surface area contributed by atoms with Gasteiger partial charge in [-0.1, -0.05) is 0 Å². The summed E-state index contributed by atoms with van der Waals surface area (Å²) >= 11 is 0. The molecule has 0 radical (unpaired) electrons. The van der Waals surface area contributed by atoms with Crippen molar-refractivity contribution in [2.75, 3.05) is 6.61 Å². The van der Waals surface area contributed by atoms with Gasteiger partial charge in [0.05, 0.1) is 0 Å². The van der Waals surface area contributed by atoms with Gasteiger partial charge in [-0.3, -0.25) is 0 Å². The average Bonchev–Trinajstić information content (AvgIpc) is 2.29. The van der Waals surface area contributed by atoms with Crippen molar-refractivity contribution in [1.82, 2.24) is 0 Å². The SMILES string of the molecule is OCC1C[C@H]2C[C@@H]3C[C@H](C2)[C@H]1C3. The molecule has 3 fully saturated rings. The Morgan fingerprint density at radius 2 is 1.67 bits per heavy atom. The normalized spacial score (nSPS) is 56.2. The van der Waals surface area contributed by atoms with Crippen molar-refractivity contribution in [2.24, 2.45) is 29.6 Å². The lowest BCUT2D eigenvalue weighted by Gasteiger charge is -2.38. The molecule has 0 aliphatic heterocycles. The summed E-state index contributed by atoms with van der Waals surface area (Å²) in [5, 5.41) is 9.27. The molecule has 0 heterocycles. The zero-order valence-corrected chi connectivity index (χ0v) is 7.58. The number of aliphatic hydroxyl groups excluding tert-OH is 1. The van der Waals surface area contributed by atoms with E-state index in [2.05, 4.69) is 0 Å². The third kappa shape index (κ3) is 0.891. The molecule has 3 aliphatic carbocycles. The Morgan fingerprint density at radius 1 is 0.917 bits per heavy atom. The summed E-state index contributed by atoms with van der Waals surface area (Å²) < 4.78 is 0. The van der Waals surface area contributed by atoms with E-state index in [1.165, 1.54) is 32.1 Å². The maximum absolute atomic E-state index is 9.27. The molecular formula is C11H18O. The first-order chi connectivity index (χ1) is 5.86. The molecule has 0 aromatic rings. The molecular weight excluding hydrogens is 148 g/mol. The summed E-state index contributed by atoms with van der Waals surface area (Å²) in [6, 6.07) is 0. The van der Waals surface area contributed by atoms with Crippen LogP contribution in [-0.2, 0) is 0 Å². The van der Waals surface area contributed by atoms with Gasteiger partial charge in [0.1, 0.15) is 0 Å². The molecule has 5 atom stereocenters. The molecule has 1 nitrogen and oxygen atoms in total. The van der Waals surface area contributed by atoms with E-state index in [-0.39, 0.29) is 0 Å². The lowest BCUT2D eigenvalue weighted by molar-refractivity contribution is 0.0712. The first-order valence-electron chi connectivity index (χ1n) is 5.47. The van der Waals surface area contributed by atoms with Crippen LogP contribution in [0.1, 0.15) is 32.1 Å². The summed E-state index contributed by atoms with van der Waals surface area (Å²) in [7, 11) is 0. The van der Waals surface area contributed by atoms with Crippen molar-refractivity contribution in [3.63, 3.8) is 0 Å². The molecule has 12 heavy (non-hydrogen) atoms. The van der Waals surface area contributed by atoms with E-state index in [1.54, 1.807) is 0 Å². The highest BCUT2D eigenvalue weighted by Gasteiger charge is 2.48. The van der Waals surface area contributed by atoms with Crippen LogP contribution in [0.25, 0.3) is 0 Å². The molecule has 0 saturated heterocycles. The molecule has 0 aromatic heterocycles. The summed E-state index contributed by atoms with van der Waals surface area (Å²) in [6.45, 7) is 0.463. The predicted molar refractivity (Wildman–Crippen MR) is 47.6 cm³/mol. The first-order valence-corrected chi connectivity index (χ1v) is 5.47. The van der Waals surface area contributed by atoms with Crippen molar-refractivity contribution in [1.29, 1.82) is 0 Å². The highest BCUT2D eigenvalue weighted by Crippen LogP contribution is 2.56. The summed E-state index contributed by atoms with van der Waals surface area (Å²) in [4.78, 5) is 0. The molecule has 0 amide bonds. The van der Waals surface area contributed by atoms with Crippen LogP contribution in [-0.4, -0.2) is 11.7 Å². The maximum Gasteiger partial charge on any atom is 0.0462 e. The first kappa shape index (κ1) is 7.37. The number of fused-ring (bicyclic) bond motifs is 2. The molecule has 3 rings (SSSR count). The summed E-state index contributed by atoms with van der Waals surface area (Å²) in [5.74, 6) is 4.65. The number of hydrogen-bond acceptors (Lipinski definition) is 1. The van der Waals surface area contributed by atoms with Crippen molar-refractivity contribution < 1.29 is 5.11 Å². The number of rotatable bonds is 1. The zero-order valence-electron chi connectivity index (χ0n) is 7.58. The minimum Gasteiger partial charge on any atom is -0.396 e. The predicted octanol–water partition coefficient (Wildman–Crippen LogP) is 2.05. The Kier molecular flexibility index (Phi) is 1.52. The van der Waals surface area contributed by atoms with Crippen LogP contribution < -0.4 is 0 Å². The molecule has 3 aliphatic rings. The second kappa shape index (κ2) is 2.47. The second-order valence-corrected chi connectivity index (χ2v) is 5.28. The Bertz CT molecular complexity index is 187. The second-order valence-electron chi connectivity index (χ2n) is 5.28. The number of aliphatic hydroxyl groups is 1. The third-order valence-electron chi connectivity index (χ3n) is 4.63. The van der Waals surface area contributed by atoms with Gasteiger partial charge in [0.15, 0.2) is 0 Å². The highest BCUT2D eigenvalue weighted by atomic mass is 16.3. The largest absolute Gasteiger partial charge is 0.396 e. The minimum absolute atomic E-state index is 0.463. The monoisotopic (exact) mass is 166 g/mol. The summed E-state index contributed by atoms with van der Waals surface area (Å²) in [5.41, 5.74) is 0.